The quantitative estimate of drug-likeness (QED) is 0.100. The zero-order valence-corrected chi connectivity index (χ0v) is 29.5. The molecule has 0 saturated carbocycles. The van der Waals surface area contributed by atoms with Gasteiger partial charge in [0.15, 0.2) is 0 Å². The monoisotopic (exact) mass is 1190 g/mol. The van der Waals surface area contributed by atoms with Crippen molar-refractivity contribution >= 4 is 140 Å². The minimum atomic E-state index is -5.12. The average Bonchev–Trinajstić information content (AvgIpc) is 1.62. The van der Waals surface area contributed by atoms with Crippen LogP contribution < -0.4 is 0 Å². The second kappa shape index (κ2) is 20.5. The first-order valence-electron chi connectivity index (χ1n) is 3.13. The van der Waals surface area contributed by atoms with Crippen molar-refractivity contribution in [3.8, 4) is 0 Å². The van der Waals surface area contributed by atoms with Gasteiger partial charge >= 0.3 is 122 Å². The molecule has 0 unspecified atom stereocenters. The molecule has 140 valence electrons. The van der Waals surface area contributed by atoms with E-state index in [9.17, 15) is 0 Å². The Kier molecular flexibility index (Phi) is 40.4. The molecule has 16 nitrogen and oxygen atoms in total. The third-order valence-electron chi connectivity index (χ3n) is 0. The number of hydrogen-bond acceptors (Lipinski definition) is 4. The van der Waals surface area contributed by atoms with Crippen LogP contribution >= 0.6 is 0 Å². The van der Waals surface area contributed by atoms with Crippen molar-refractivity contribution in [3.05, 3.63) is 0 Å². The molecule has 0 aliphatic heterocycles. The topological polar surface area (TPSA) is 311 Å². The second-order valence-electron chi connectivity index (χ2n) is 2.05. The van der Waals surface area contributed by atoms with Crippen molar-refractivity contribution in [2.45, 2.75) is 0 Å². The van der Waals surface area contributed by atoms with Crippen LogP contribution in [0, 0.1) is 0 Å². The van der Waals surface area contributed by atoms with Crippen LogP contribution in [0.1, 0.15) is 0 Å². The number of hydrogen-bond donors (Lipinski definition) is 12. The smallest absolute Gasteiger partial charge is 0 e. The fourth-order valence-electron chi connectivity index (χ4n) is 0. The van der Waals surface area contributed by atoms with Crippen LogP contribution in [0.15, 0.2) is 0 Å². The molecule has 0 saturated heterocycles. The summed E-state index contributed by atoms with van der Waals surface area (Å²) in [6, 6.07) is 0. The first-order valence-corrected chi connectivity index (χ1v) is 16.3. The molecular formula is H12As4O16Pb3. The van der Waals surface area contributed by atoms with Gasteiger partial charge < -0.3 is 0 Å². The molecule has 0 heterocycles. The SMILES string of the molecule is O=[As](O)(O)O.O=[As](O)(O)O.O=[As](O)(O)O.O=[As](O)(O)O.[Pb].[Pb].[Pb]. The molecule has 0 aromatic heterocycles. The van der Waals surface area contributed by atoms with Crippen LogP contribution in [0.25, 0.3) is 0 Å². The Hall–Kier alpha value is 3.72. The standard InChI is InChI=1S/4AsH3O4.3Pb/c4*2-1(3,4)5;;;/h4*(H3,2,3,4,5);;;. The summed E-state index contributed by atoms with van der Waals surface area (Å²) in [7, 11) is 0. The van der Waals surface area contributed by atoms with Gasteiger partial charge in [0.25, 0.3) is 0 Å². The van der Waals surface area contributed by atoms with E-state index in [2.05, 4.69) is 0 Å². The summed E-state index contributed by atoms with van der Waals surface area (Å²) < 4.78 is 123. The van der Waals surface area contributed by atoms with E-state index in [0.717, 1.165) is 0 Å². The molecule has 0 spiro atoms. The van der Waals surface area contributed by atoms with E-state index < -0.39 is 58.1 Å². The molecule has 23 heavy (non-hydrogen) atoms. The van der Waals surface area contributed by atoms with Gasteiger partial charge in [0.1, 0.15) is 0 Å². The average molecular weight is 1190 g/mol. The summed E-state index contributed by atoms with van der Waals surface area (Å²) in [5, 5.41) is 0. The maximum atomic E-state index is 8.94. The van der Waals surface area contributed by atoms with Crippen molar-refractivity contribution in [2.75, 3.05) is 0 Å². The molecule has 12 radical (unpaired) electrons. The van der Waals surface area contributed by atoms with Crippen molar-refractivity contribution in [2.24, 2.45) is 0 Å². The number of rotatable bonds is 0. The van der Waals surface area contributed by atoms with Crippen LogP contribution in [0.2, 0.25) is 0 Å². The van der Waals surface area contributed by atoms with E-state index in [0.29, 0.717) is 0 Å². The zero-order chi connectivity index (χ0) is 18.0. The van der Waals surface area contributed by atoms with Gasteiger partial charge in [-0.1, -0.05) is 0 Å². The van der Waals surface area contributed by atoms with Crippen LogP contribution in [-0.2, 0) is 15.0 Å². The van der Waals surface area contributed by atoms with E-state index in [1.807, 2.05) is 0 Å². The Morgan fingerprint density at radius 2 is 0.304 bits per heavy atom. The predicted octanol–water partition coefficient (Wildman–Crippen LogP) is -9.82. The fourth-order valence-corrected chi connectivity index (χ4v) is 0. The molecule has 12 N–H and O–H groups in total. The Labute approximate surface area is 200 Å². The fraction of sp³-hybridized carbons (Fsp3) is 0. The van der Waals surface area contributed by atoms with E-state index >= 15 is 0 Å². The molecule has 0 bridgehead atoms. The van der Waals surface area contributed by atoms with Crippen molar-refractivity contribution in [3.63, 3.8) is 0 Å². The maximum Gasteiger partial charge on any atom is 0 e. The van der Waals surface area contributed by atoms with Gasteiger partial charge in [-0.3, -0.25) is 0 Å². The van der Waals surface area contributed by atoms with Gasteiger partial charge in [-0.25, -0.2) is 0 Å². The van der Waals surface area contributed by atoms with Gasteiger partial charge in [0, 0.05) is 81.9 Å². The van der Waals surface area contributed by atoms with Gasteiger partial charge in [-0.05, 0) is 0 Å². The van der Waals surface area contributed by atoms with Crippen LogP contribution in [0.3, 0.4) is 0 Å². The van der Waals surface area contributed by atoms with E-state index in [1.54, 1.807) is 0 Å². The van der Waals surface area contributed by atoms with E-state index in [4.69, 9.17) is 64.1 Å². The summed E-state index contributed by atoms with van der Waals surface area (Å²) in [6.07, 6.45) is 0. The molecule has 0 aliphatic rings. The third-order valence-corrected chi connectivity index (χ3v) is 0. The molecule has 23 heteroatoms. The molecule has 0 aromatic rings. The van der Waals surface area contributed by atoms with Crippen LogP contribution in [0.4, 0.5) is 0 Å². The van der Waals surface area contributed by atoms with E-state index in [1.165, 1.54) is 0 Å². The molecule has 0 amide bonds. The first kappa shape index (κ1) is 45.5. The van der Waals surface area contributed by atoms with Gasteiger partial charge in [-0.15, -0.1) is 0 Å². The summed E-state index contributed by atoms with van der Waals surface area (Å²) in [6.45, 7) is 0. The molecular weight excluding hydrogens is 1180 g/mol. The zero-order valence-electron chi connectivity index (χ0n) is 10.3. The minimum absolute atomic E-state index is 0. The predicted molar refractivity (Wildman–Crippen MR) is 69.6 cm³/mol. The Balaban J connectivity index is -0.0000000284. The summed E-state index contributed by atoms with van der Waals surface area (Å²) in [5.41, 5.74) is 0. The van der Waals surface area contributed by atoms with E-state index in [-0.39, 0.29) is 81.9 Å². The Bertz CT molecular complexity index is 292. The molecule has 0 rings (SSSR count). The normalized spacial score (nSPS) is 10.3. The van der Waals surface area contributed by atoms with Gasteiger partial charge in [0.05, 0.1) is 0 Å². The van der Waals surface area contributed by atoms with Gasteiger partial charge in [-0.2, -0.15) is 0 Å². The van der Waals surface area contributed by atoms with Crippen molar-refractivity contribution < 1.29 is 64.1 Å². The van der Waals surface area contributed by atoms with Gasteiger partial charge in [0.2, 0.25) is 0 Å². The maximum absolute atomic E-state index is 8.94. The Morgan fingerprint density at radius 3 is 0.304 bits per heavy atom. The summed E-state index contributed by atoms with van der Waals surface area (Å²) >= 11 is -20.5. The van der Waals surface area contributed by atoms with Crippen molar-refractivity contribution in [1.82, 2.24) is 0 Å². The Morgan fingerprint density at radius 1 is 0.304 bits per heavy atom. The van der Waals surface area contributed by atoms with Crippen LogP contribution in [-0.4, -0.2) is 189 Å². The molecule has 0 fully saturated rings. The largest absolute Gasteiger partial charge is 0 e. The van der Waals surface area contributed by atoms with Crippen molar-refractivity contribution in [1.29, 1.82) is 0 Å². The third kappa shape index (κ3) is 1050. The minimum Gasteiger partial charge on any atom is 0 e. The van der Waals surface area contributed by atoms with Crippen LogP contribution in [0.5, 0.6) is 0 Å². The summed E-state index contributed by atoms with van der Waals surface area (Å²) in [4.78, 5) is 0. The molecule has 0 aromatic carbocycles. The first-order chi connectivity index (χ1) is 8.00. The second-order valence-corrected chi connectivity index (χ2v) is 10.7. The molecule has 0 atom stereocenters. The molecule has 0 aliphatic carbocycles. The summed E-state index contributed by atoms with van der Waals surface area (Å²) in [5.74, 6) is 0.